The van der Waals surface area contributed by atoms with Crippen LogP contribution in [0.1, 0.15) is 29.7 Å². The average Bonchev–Trinajstić information content (AvgIpc) is 2.41. The number of anilines is 1. The summed E-state index contributed by atoms with van der Waals surface area (Å²) in [4.78, 5) is 0. The largest absolute Gasteiger partial charge is 0.508 e. The van der Waals surface area contributed by atoms with Gasteiger partial charge in [-0.15, -0.1) is 0 Å². The van der Waals surface area contributed by atoms with Crippen LogP contribution >= 0.6 is 0 Å². The Morgan fingerprint density at radius 2 is 1.90 bits per heavy atom. The Balaban J connectivity index is 2.11. The van der Waals surface area contributed by atoms with Crippen molar-refractivity contribution in [3.8, 4) is 11.8 Å². The van der Waals surface area contributed by atoms with Crippen LogP contribution in [0.3, 0.4) is 0 Å². The van der Waals surface area contributed by atoms with E-state index in [0.29, 0.717) is 12.2 Å². The summed E-state index contributed by atoms with van der Waals surface area (Å²) < 4.78 is 0. The number of nitriles is 1. The van der Waals surface area contributed by atoms with E-state index in [-0.39, 0.29) is 6.04 Å². The first-order valence-electron chi connectivity index (χ1n) is 6.62. The van der Waals surface area contributed by atoms with Crippen molar-refractivity contribution in [2.75, 3.05) is 5.32 Å². The van der Waals surface area contributed by atoms with Crippen molar-refractivity contribution in [3.63, 3.8) is 0 Å². The molecule has 0 aromatic heterocycles. The van der Waals surface area contributed by atoms with Crippen molar-refractivity contribution in [2.24, 2.45) is 0 Å². The number of hydrogen-bond donors (Lipinski definition) is 2. The lowest BCUT2D eigenvalue weighted by molar-refractivity contribution is 0.465. The molecule has 0 aliphatic carbocycles. The van der Waals surface area contributed by atoms with Gasteiger partial charge in [0, 0.05) is 11.3 Å². The molecule has 0 saturated carbocycles. The van der Waals surface area contributed by atoms with E-state index in [1.54, 1.807) is 6.07 Å². The second-order valence-corrected chi connectivity index (χ2v) is 4.96. The van der Waals surface area contributed by atoms with Crippen molar-refractivity contribution in [1.82, 2.24) is 0 Å². The van der Waals surface area contributed by atoms with Crippen LogP contribution in [0.25, 0.3) is 0 Å². The molecule has 0 spiro atoms. The zero-order valence-electron chi connectivity index (χ0n) is 11.7. The van der Waals surface area contributed by atoms with Gasteiger partial charge in [0.2, 0.25) is 0 Å². The van der Waals surface area contributed by atoms with E-state index in [1.807, 2.05) is 50.2 Å². The van der Waals surface area contributed by atoms with Gasteiger partial charge in [0.1, 0.15) is 5.75 Å². The number of hydrogen-bond acceptors (Lipinski definition) is 3. The van der Waals surface area contributed by atoms with Gasteiger partial charge in [-0.05, 0) is 43.2 Å². The highest BCUT2D eigenvalue weighted by molar-refractivity contribution is 5.49. The van der Waals surface area contributed by atoms with Crippen molar-refractivity contribution in [1.29, 1.82) is 5.26 Å². The van der Waals surface area contributed by atoms with Gasteiger partial charge in [0.05, 0.1) is 18.5 Å². The van der Waals surface area contributed by atoms with Crippen molar-refractivity contribution in [3.05, 3.63) is 59.2 Å². The molecule has 3 heteroatoms. The summed E-state index contributed by atoms with van der Waals surface area (Å²) in [6.07, 6.45) is 0.425. The second-order valence-electron chi connectivity index (χ2n) is 4.96. The zero-order valence-corrected chi connectivity index (χ0v) is 11.7. The molecule has 2 aromatic carbocycles. The molecule has 0 radical (unpaired) electrons. The van der Waals surface area contributed by atoms with Gasteiger partial charge >= 0.3 is 0 Å². The number of phenolic OH excluding ortho intramolecular Hbond substituents is 1. The van der Waals surface area contributed by atoms with Gasteiger partial charge in [-0.25, -0.2) is 0 Å². The highest BCUT2D eigenvalue weighted by Crippen LogP contribution is 2.27. The Morgan fingerprint density at radius 3 is 2.50 bits per heavy atom. The third-order valence-electron chi connectivity index (χ3n) is 3.27. The number of aryl methyl sites for hydroxylation is 1. The second kappa shape index (κ2) is 6.12. The summed E-state index contributed by atoms with van der Waals surface area (Å²) in [5, 5.41) is 22.0. The molecule has 20 heavy (non-hydrogen) atoms. The lowest BCUT2D eigenvalue weighted by atomic mass is 10.0. The normalized spacial score (nSPS) is 11.7. The predicted molar refractivity (Wildman–Crippen MR) is 80.6 cm³/mol. The molecule has 1 unspecified atom stereocenters. The predicted octanol–water partition coefficient (Wildman–Crippen LogP) is 3.94. The van der Waals surface area contributed by atoms with Crippen molar-refractivity contribution < 1.29 is 5.11 Å². The maximum absolute atomic E-state index is 9.98. The minimum Gasteiger partial charge on any atom is -0.508 e. The zero-order chi connectivity index (χ0) is 14.5. The van der Waals surface area contributed by atoms with Crippen LogP contribution in [-0.4, -0.2) is 5.11 Å². The number of benzene rings is 2. The van der Waals surface area contributed by atoms with Crippen LogP contribution < -0.4 is 5.32 Å². The lowest BCUT2D eigenvalue weighted by Gasteiger charge is -2.17. The Kier molecular flexibility index (Phi) is 4.27. The monoisotopic (exact) mass is 266 g/mol. The van der Waals surface area contributed by atoms with Crippen LogP contribution in [0.4, 0.5) is 5.69 Å². The first kappa shape index (κ1) is 14.0. The van der Waals surface area contributed by atoms with Gasteiger partial charge in [-0.2, -0.15) is 5.26 Å². The topological polar surface area (TPSA) is 56.0 Å². The standard InChI is InChI=1S/C17H18N2O/c1-12-3-8-16(17(20)11-12)13(2)19-15-6-4-14(5-7-15)9-10-18/h3-8,11,13,19-20H,9H2,1-2H3. The maximum Gasteiger partial charge on any atom is 0.121 e. The van der Waals surface area contributed by atoms with E-state index >= 15 is 0 Å². The molecular weight excluding hydrogens is 248 g/mol. The Hall–Kier alpha value is -2.47. The van der Waals surface area contributed by atoms with Gasteiger partial charge < -0.3 is 10.4 Å². The minimum atomic E-state index is 0.0115. The van der Waals surface area contributed by atoms with E-state index in [4.69, 9.17) is 5.26 Å². The maximum atomic E-state index is 9.98. The molecule has 2 rings (SSSR count). The smallest absolute Gasteiger partial charge is 0.121 e. The molecule has 0 heterocycles. The lowest BCUT2D eigenvalue weighted by Crippen LogP contribution is -2.06. The molecule has 0 amide bonds. The summed E-state index contributed by atoms with van der Waals surface area (Å²) in [5.41, 5.74) is 3.89. The average molecular weight is 266 g/mol. The van der Waals surface area contributed by atoms with Crippen LogP contribution in [0.5, 0.6) is 5.75 Å². The van der Waals surface area contributed by atoms with E-state index in [9.17, 15) is 5.11 Å². The highest BCUT2D eigenvalue weighted by atomic mass is 16.3. The summed E-state index contributed by atoms with van der Waals surface area (Å²) >= 11 is 0. The van der Waals surface area contributed by atoms with Gasteiger partial charge in [0.25, 0.3) is 0 Å². The molecule has 0 aliphatic rings. The SMILES string of the molecule is Cc1ccc(C(C)Nc2ccc(CC#N)cc2)c(O)c1. The third-order valence-corrected chi connectivity index (χ3v) is 3.27. The molecule has 0 fully saturated rings. The molecule has 3 nitrogen and oxygen atoms in total. The molecule has 102 valence electrons. The first-order chi connectivity index (χ1) is 9.60. The van der Waals surface area contributed by atoms with E-state index in [1.165, 1.54) is 0 Å². The van der Waals surface area contributed by atoms with Crippen LogP contribution in [-0.2, 0) is 6.42 Å². The highest BCUT2D eigenvalue weighted by Gasteiger charge is 2.10. The molecule has 0 bridgehead atoms. The van der Waals surface area contributed by atoms with Crippen LogP contribution in [0, 0.1) is 18.3 Å². The number of phenols is 1. The Labute approximate surface area is 119 Å². The number of rotatable bonds is 4. The molecular formula is C17H18N2O. The van der Waals surface area contributed by atoms with Crippen LogP contribution in [0.2, 0.25) is 0 Å². The fraction of sp³-hybridized carbons (Fsp3) is 0.235. The summed E-state index contributed by atoms with van der Waals surface area (Å²) in [5.74, 6) is 0.311. The Morgan fingerprint density at radius 1 is 1.20 bits per heavy atom. The number of nitrogens with one attached hydrogen (secondary N) is 1. The number of nitrogens with zero attached hydrogens (tertiary/aromatic N) is 1. The summed E-state index contributed by atoms with van der Waals surface area (Å²) in [6.45, 7) is 3.96. The first-order valence-corrected chi connectivity index (χ1v) is 6.62. The van der Waals surface area contributed by atoms with Gasteiger partial charge in [-0.3, -0.25) is 0 Å². The summed E-state index contributed by atoms with van der Waals surface area (Å²) in [7, 11) is 0. The molecule has 0 saturated heterocycles. The van der Waals surface area contributed by atoms with Gasteiger partial charge in [-0.1, -0.05) is 24.3 Å². The van der Waals surface area contributed by atoms with E-state index in [2.05, 4.69) is 11.4 Å². The molecule has 1 atom stereocenters. The fourth-order valence-electron chi connectivity index (χ4n) is 2.16. The molecule has 2 aromatic rings. The quantitative estimate of drug-likeness (QED) is 0.881. The van der Waals surface area contributed by atoms with Crippen molar-refractivity contribution in [2.45, 2.75) is 26.3 Å². The van der Waals surface area contributed by atoms with Gasteiger partial charge in [0.15, 0.2) is 0 Å². The molecule has 0 aliphatic heterocycles. The van der Waals surface area contributed by atoms with E-state index in [0.717, 1.165) is 22.4 Å². The Bertz CT molecular complexity index is 626. The fourth-order valence-corrected chi connectivity index (χ4v) is 2.16. The van der Waals surface area contributed by atoms with E-state index < -0.39 is 0 Å². The minimum absolute atomic E-state index is 0.0115. The number of aromatic hydroxyl groups is 1. The summed E-state index contributed by atoms with van der Waals surface area (Å²) in [6, 6.07) is 15.6. The van der Waals surface area contributed by atoms with Crippen LogP contribution in [0.15, 0.2) is 42.5 Å². The third kappa shape index (κ3) is 3.30. The van der Waals surface area contributed by atoms with Crippen molar-refractivity contribution >= 4 is 5.69 Å². The molecule has 2 N–H and O–H groups in total.